The molecule has 1 aromatic carbocycles. The van der Waals surface area contributed by atoms with Crippen molar-refractivity contribution in [1.82, 2.24) is 5.16 Å². The van der Waals surface area contributed by atoms with Crippen LogP contribution < -0.4 is 5.73 Å². The predicted octanol–water partition coefficient (Wildman–Crippen LogP) is 2.59. The van der Waals surface area contributed by atoms with Crippen molar-refractivity contribution in [3.63, 3.8) is 0 Å². The monoisotopic (exact) mass is 294 g/mol. The smallest absolute Gasteiger partial charge is 0.230 e. The maximum atomic E-state index is 11.4. The summed E-state index contributed by atoms with van der Waals surface area (Å²) in [5.74, 6) is 0.384. The molecule has 2 aromatic rings. The molecule has 108 valence electrons. The average molecular weight is 294 g/mol. The second-order valence-corrected chi connectivity index (χ2v) is 7.36. The summed E-state index contributed by atoms with van der Waals surface area (Å²) in [5.41, 5.74) is 8.69. The Morgan fingerprint density at radius 3 is 2.35 bits per heavy atom. The van der Waals surface area contributed by atoms with Crippen molar-refractivity contribution in [2.24, 2.45) is 0 Å². The number of nitrogen functional groups attached to an aromatic ring is 1. The summed E-state index contributed by atoms with van der Waals surface area (Å²) in [6, 6.07) is 7.81. The lowest BCUT2D eigenvalue weighted by Gasteiger charge is -2.07. The van der Waals surface area contributed by atoms with Gasteiger partial charge in [0.2, 0.25) is 5.88 Å². The molecule has 0 spiro atoms. The van der Waals surface area contributed by atoms with Crippen LogP contribution in [0.15, 0.2) is 28.8 Å². The van der Waals surface area contributed by atoms with Gasteiger partial charge in [0.1, 0.15) is 5.69 Å². The number of nitrogens with zero attached hydrogens (tertiary/aromatic N) is 1. The van der Waals surface area contributed by atoms with Crippen LogP contribution in [0.1, 0.15) is 31.0 Å². The first-order valence-electron chi connectivity index (χ1n) is 6.30. The van der Waals surface area contributed by atoms with Crippen LogP contribution in [0, 0.1) is 0 Å². The van der Waals surface area contributed by atoms with E-state index in [2.05, 4.69) is 19.0 Å². The van der Waals surface area contributed by atoms with Crippen molar-refractivity contribution < 1.29 is 12.9 Å². The molecule has 0 radical (unpaired) electrons. The molecule has 0 aliphatic rings. The zero-order valence-corrected chi connectivity index (χ0v) is 12.6. The van der Waals surface area contributed by atoms with Crippen molar-refractivity contribution in [2.45, 2.75) is 25.5 Å². The third-order valence-electron chi connectivity index (χ3n) is 3.05. The van der Waals surface area contributed by atoms with Crippen molar-refractivity contribution in [1.29, 1.82) is 0 Å². The highest BCUT2D eigenvalue weighted by atomic mass is 32.2. The van der Waals surface area contributed by atoms with E-state index < -0.39 is 9.84 Å². The molecule has 0 fully saturated rings. The minimum Gasteiger partial charge on any atom is -0.367 e. The molecular formula is C14H18N2O3S. The van der Waals surface area contributed by atoms with Gasteiger partial charge in [-0.25, -0.2) is 8.42 Å². The van der Waals surface area contributed by atoms with Gasteiger partial charge in [-0.3, -0.25) is 0 Å². The number of hydrogen-bond donors (Lipinski definition) is 1. The zero-order chi connectivity index (χ0) is 14.9. The van der Waals surface area contributed by atoms with Crippen LogP contribution in [0.25, 0.3) is 11.1 Å². The Bertz CT molecular complexity index is 701. The fourth-order valence-electron chi connectivity index (χ4n) is 2.03. The Morgan fingerprint density at radius 2 is 1.85 bits per heavy atom. The summed E-state index contributed by atoms with van der Waals surface area (Å²) < 4.78 is 27.8. The van der Waals surface area contributed by atoms with Gasteiger partial charge in [0.05, 0.1) is 11.3 Å². The molecule has 0 saturated heterocycles. The minimum atomic E-state index is -3.19. The predicted molar refractivity (Wildman–Crippen MR) is 79.0 cm³/mol. The topological polar surface area (TPSA) is 86.2 Å². The van der Waals surface area contributed by atoms with Crippen molar-refractivity contribution in [3.8, 4) is 11.1 Å². The summed E-state index contributed by atoms with van der Waals surface area (Å²) in [7, 11) is -3.19. The van der Waals surface area contributed by atoms with Gasteiger partial charge in [0.25, 0.3) is 0 Å². The molecule has 1 heterocycles. The largest absolute Gasteiger partial charge is 0.367 e. The molecule has 0 aliphatic heterocycles. The number of aromatic nitrogens is 1. The molecule has 5 nitrogen and oxygen atoms in total. The van der Waals surface area contributed by atoms with Crippen LogP contribution in [0.2, 0.25) is 0 Å². The number of benzene rings is 1. The second kappa shape index (κ2) is 5.28. The minimum absolute atomic E-state index is 0.140. The first kappa shape index (κ1) is 14.6. The molecule has 1 aromatic heterocycles. The zero-order valence-electron chi connectivity index (χ0n) is 11.8. The van der Waals surface area contributed by atoms with E-state index >= 15 is 0 Å². The van der Waals surface area contributed by atoms with E-state index in [0.29, 0.717) is 17.2 Å². The maximum Gasteiger partial charge on any atom is 0.230 e. The van der Waals surface area contributed by atoms with E-state index in [9.17, 15) is 8.42 Å². The second-order valence-electron chi connectivity index (χ2n) is 5.22. The van der Waals surface area contributed by atoms with Crippen LogP contribution in [0.5, 0.6) is 0 Å². The van der Waals surface area contributed by atoms with Crippen molar-refractivity contribution >= 4 is 15.7 Å². The van der Waals surface area contributed by atoms with E-state index in [-0.39, 0.29) is 11.6 Å². The molecule has 2 rings (SSSR count). The van der Waals surface area contributed by atoms with Gasteiger partial charge in [-0.2, -0.15) is 0 Å². The van der Waals surface area contributed by atoms with E-state index in [1.165, 1.54) is 5.56 Å². The molecule has 6 heteroatoms. The lowest BCUT2D eigenvalue weighted by atomic mass is 9.99. The fraction of sp³-hybridized carbons (Fsp3) is 0.357. The quantitative estimate of drug-likeness (QED) is 0.936. The summed E-state index contributed by atoms with van der Waals surface area (Å²) in [6.07, 6.45) is 1.16. The highest BCUT2D eigenvalue weighted by Crippen LogP contribution is 2.31. The van der Waals surface area contributed by atoms with E-state index in [4.69, 9.17) is 10.3 Å². The average Bonchev–Trinajstić information content (AvgIpc) is 2.68. The van der Waals surface area contributed by atoms with Crippen LogP contribution in [0.4, 0.5) is 5.88 Å². The molecule has 0 saturated carbocycles. The molecule has 0 aliphatic carbocycles. The van der Waals surface area contributed by atoms with Crippen LogP contribution in [0.3, 0.4) is 0 Å². The highest BCUT2D eigenvalue weighted by molar-refractivity contribution is 7.89. The first-order chi connectivity index (χ1) is 9.28. The fourth-order valence-corrected chi connectivity index (χ4v) is 2.72. The Kier molecular flexibility index (Phi) is 3.85. The summed E-state index contributed by atoms with van der Waals surface area (Å²) in [5, 5.41) is 3.76. The number of rotatable bonds is 4. The van der Waals surface area contributed by atoms with Gasteiger partial charge in [-0.05, 0) is 17.0 Å². The van der Waals surface area contributed by atoms with Gasteiger partial charge in [-0.1, -0.05) is 43.3 Å². The van der Waals surface area contributed by atoms with Gasteiger partial charge < -0.3 is 10.3 Å². The lowest BCUT2D eigenvalue weighted by Crippen LogP contribution is -2.02. The molecule has 0 bridgehead atoms. The Morgan fingerprint density at radius 1 is 1.25 bits per heavy atom. The van der Waals surface area contributed by atoms with Gasteiger partial charge >= 0.3 is 0 Å². The van der Waals surface area contributed by atoms with Crippen molar-refractivity contribution in [2.75, 3.05) is 12.0 Å². The van der Waals surface area contributed by atoms with Crippen molar-refractivity contribution in [3.05, 3.63) is 35.5 Å². The Labute approximate surface area is 118 Å². The molecular weight excluding hydrogens is 276 g/mol. The molecule has 0 atom stereocenters. The summed E-state index contributed by atoms with van der Waals surface area (Å²) in [4.78, 5) is 0. The van der Waals surface area contributed by atoms with Crippen LogP contribution in [-0.2, 0) is 15.6 Å². The third kappa shape index (κ3) is 3.19. The van der Waals surface area contributed by atoms with Gasteiger partial charge in [0.15, 0.2) is 9.84 Å². The number of anilines is 1. The summed E-state index contributed by atoms with van der Waals surface area (Å²) in [6.45, 7) is 4.22. The third-order valence-corrected chi connectivity index (χ3v) is 3.85. The lowest BCUT2D eigenvalue weighted by molar-refractivity contribution is 0.430. The first-order valence-corrected chi connectivity index (χ1v) is 8.36. The summed E-state index contributed by atoms with van der Waals surface area (Å²) >= 11 is 0. The van der Waals surface area contributed by atoms with E-state index in [1.807, 2.05) is 24.3 Å². The molecule has 20 heavy (non-hydrogen) atoms. The SMILES string of the molecule is CC(C)c1ccc(-c2c(CS(C)(=O)=O)noc2N)cc1. The highest BCUT2D eigenvalue weighted by Gasteiger charge is 2.19. The van der Waals surface area contributed by atoms with Crippen LogP contribution in [-0.4, -0.2) is 19.8 Å². The standard InChI is InChI=1S/C14H18N2O3S/c1-9(2)10-4-6-11(7-5-10)13-12(8-20(3,17)18)16-19-14(13)15/h4-7,9H,8,15H2,1-3H3. The maximum absolute atomic E-state index is 11.4. The molecule has 2 N–H and O–H groups in total. The molecule has 0 unspecified atom stereocenters. The van der Waals surface area contributed by atoms with Crippen LogP contribution >= 0.6 is 0 Å². The van der Waals surface area contributed by atoms with E-state index in [1.54, 1.807) is 0 Å². The molecule has 0 amide bonds. The normalized spacial score (nSPS) is 12.0. The Hall–Kier alpha value is -1.82. The van der Waals surface area contributed by atoms with Gasteiger partial charge in [-0.15, -0.1) is 0 Å². The van der Waals surface area contributed by atoms with E-state index in [0.717, 1.165) is 11.8 Å². The Balaban J connectivity index is 2.44. The van der Waals surface area contributed by atoms with Gasteiger partial charge in [0, 0.05) is 6.26 Å². The number of sulfone groups is 1. The number of hydrogen-bond acceptors (Lipinski definition) is 5. The number of nitrogens with two attached hydrogens (primary N) is 1.